The summed E-state index contributed by atoms with van der Waals surface area (Å²) in [4.78, 5) is 12.9. The molecule has 3 aromatic rings. The topological polar surface area (TPSA) is 55.1 Å². The third-order valence-electron chi connectivity index (χ3n) is 5.48. The van der Waals surface area contributed by atoms with Crippen LogP contribution in [0.2, 0.25) is 0 Å². The maximum atomic E-state index is 14.5. The van der Waals surface area contributed by atoms with Crippen LogP contribution in [-0.4, -0.2) is 31.8 Å². The molecule has 0 saturated heterocycles. The van der Waals surface area contributed by atoms with Crippen molar-refractivity contribution in [1.29, 1.82) is 0 Å². The monoisotopic (exact) mass is 403 g/mol. The van der Waals surface area contributed by atoms with E-state index in [1.54, 1.807) is 16.8 Å². The molecule has 0 aromatic carbocycles. The number of aromatic nitrogens is 4. The van der Waals surface area contributed by atoms with Crippen molar-refractivity contribution in [2.45, 2.75) is 38.5 Å². The Hall–Kier alpha value is -2.90. The smallest absolute Gasteiger partial charge is 0.267 e. The molecule has 5 nitrogen and oxygen atoms in total. The summed E-state index contributed by atoms with van der Waals surface area (Å²) >= 11 is 0. The quantitative estimate of drug-likeness (QED) is 0.658. The van der Waals surface area contributed by atoms with E-state index in [1.807, 2.05) is 19.2 Å². The van der Waals surface area contributed by atoms with Gasteiger partial charge in [-0.25, -0.2) is 28.1 Å². The molecule has 8 heteroatoms. The Bertz CT molecular complexity index is 1140. The minimum atomic E-state index is -2.74. The summed E-state index contributed by atoms with van der Waals surface area (Å²) in [6.07, 6.45) is 9.84. The van der Waals surface area contributed by atoms with E-state index in [2.05, 4.69) is 20.3 Å². The van der Waals surface area contributed by atoms with E-state index in [0.29, 0.717) is 24.8 Å². The predicted octanol–water partition coefficient (Wildman–Crippen LogP) is 4.90. The van der Waals surface area contributed by atoms with Crippen LogP contribution in [0.4, 0.5) is 19.1 Å². The fourth-order valence-corrected chi connectivity index (χ4v) is 3.83. The number of rotatable bonds is 5. The van der Waals surface area contributed by atoms with Crippen molar-refractivity contribution >= 4 is 17.2 Å². The minimum absolute atomic E-state index is 0. The fraction of sp³-hybridized carbons (Fsp3) is 0.381. The van der Waals surface area contributed by atoms with Gasteiger partial charge >= 0.3 is 0 Å². The van der Waals surface area contributed by atoms with Crippen molar-refractivity contribution < 1.29 is 16.0 Å². The first-order valence-electron chi connectivity index (χ1n) is 9.74. The first kappa shape index (κ1) is 18.1. The highest BCUT2D eigenvalue weighted by Crippen LogP contribution is 2.43. The van der Waals surface area contributed by atoms with Gasteiger partial charge in [-0.2, -0.15) is 0 Å². The molecule has 0 unspecified atom stereocenters. The maximum absolute atomic E-state index is 14.5. The van der Waals surface area contributed by atoms with E-state index < -0.39 is 24.2 Å². The standard InChI is InChI=1S/C21H20F3N5.2H2/c1-12-9-29-10-13(7-17(22)19(29)27-12)15-3-2-4-18-16(15)8-25-20(28-18)26-11-21(23,24)14-5-6-14;;/h3,7-10,14H,2,4-6,11H2,1H3,(H,25,26,28);2*1H. The molecular formula is C21H24F3N5. The second kappa shape index (κ2) is 6.57. The van der Waals surface area contributed by atoms with Gasteiger partial charge in [0.05, 0.1) is 17.9 Å². The summed E-state index contributed by atoms with van der Waals surface area (Å²) in [6, 6.07) is 1.46. The molecule has 0 amide bonds. The first-order chi connectivity index (χ1) is 13.9. The lowest BCUT2D eigenvalue weighted by molar-refractivity contribution is -0.00832. The number of allylic oxidation sites excluding steroid dienone is 1. The highest BCUT2D eigenvalue weighted by Gasteiger charge is 2.46. The second-order valence-corrected chi connectivity index (χ2v) is 7.79. The molecule has 3 aromatic heterocycles. The van der Waals surface area contributed by atoms with Gasteiger partial charge in [0.25, 0.3) is 5.92 Å². The predicted molar refractivity (Wildman–Crippen MR) is 108 cm³/mol. The van der Waals surface area contributed by atoms with E-state index in [-0.39, 0.29) is 14.4 Å². The number of nitrogens with one attached hydrogen (secondary N) is 1. The van der Waals surface area contributed by atoms with Crippen LogP contribution >= 0.6 is 0 Å². The molecule has 2 aliphatic carbocycles. The minimum Gasteiger partial charge on any atom is -0.348 e. The van der Waals surface area contributed by atoms with Crippen molar-refractivity contribution in [3.05, 3.63) is 59.1 Å². The number of halogens is 3. The van der Waals surface area contributed by atoms with Gasteiger partial charge in [-0.1, -0.05) is 6.08 Å². The average Bonchev–Trinajstić information content (AvgIpc) is 3.48. The number of hydrogen-bond acceptors (Lipinski definition) is 4. The number of hydrogen-bond donors (Lipinski definition) is 1. The summed E-state index contributed by atoms with van der Waals surface area (Å²) in [7, 11) is 0. The van der Waals surface area contributed by atoms with E-state index in [4.69, 9.17) is 0 Å². The lowest BCUT2D eigenvalue weighted by Crippen LogP contribution is -2.30. The Morgan fingerprint density at radius 2 is 2.10 bits per heavy atom. The molecular weight excluding hydrogens is 379 g/mol. The van der Waals surface area contributed by atoms with Crippen LogP contribution in [0.5, 0.6) is 0 Å². The van der Waals surface area contributed by atoms with Crippen LogP contribution in [0, 0.1) is 18.7 Å². The van der Waals surface area contributed by atoms with Crippen molar-refractivity contribution in [3.63, 3.8) is 0 Å². The van der Waals surface area contributed by atoms with Crippen LogP contribution in [0.1, 0.15) is 44.6 Å². The molecule has 5 rings (SSSR count). The van der Waals surface area contributed by atoms with Crippen molar-refractivity contribution in [3.8, 4) is 0 Å². The third-order valence-corrected chi connectivity index (χ3v) is 5.48. The summed E-state index contributed by atoms with van der Waals surface area (Å²) in [5, 5.41) is 2.68. The normalized spacial score (nSPS) is 16.6. The number of nitrogens with zero attached hydrogens (tertiary/aromatic N) is 4. The molecule has 0 atom stereocenters. The number of fused-ring (bicyclic) bond motifs is 2. The van der Waals surface area contributed by atoms with E-state index in [0.717, 1.165) is 28.9 Å². The molecule has 2 aliphatic rings. The maximum Gasteiger partial charge on any atom is 0.267 e. The van der Waals surface area contributed by atoms with Gasteiger partial charge in [-0.3, -0.25) is 0 Å². The lowest BCUT2D eigenvalue weighted by atomic mass is 9.91. The molecule has 1 N–H and O–H groups in total. The van der Waals surface area contributed by atoms with Gasteiger partial charge in [0, 0.05) is 38.5 Å². The number of aryl methyl sites for hydroxylation is 2. The van der Waals surface area contributed by atoms with Crippen molar-refractivity contribution in [2.24, 2.45) is 5.92 Å². The number of imidazole rings is 1. The highest BCUT2D eigenvalue weighted by atomic mass is 19.3. The van der Waals surface area contributed by atoms with Crippen LogP contribution in [0.15, 0.2) is 30.7 Å². The first-order valence-corrected chi connectivity index (χ1v) is 9.74. The molecule has 0 aliphatic heterocycles. The van der Waals surface area contributed by atoms with Crippen molar-refractivity contribution in [1.82, 2.24) is 19.4 Å². The van der Waals surface area contributed by atoms with Crippen LogP contribution in [-0.2, 0) is 6.42 Å². The Kier molecular flexibility index (Phi) is 4.11. The SMILES string of the molecule is Cc1cn2cc(C3=CCCc4nc(NCC(F)(F)C5CC5)ncc43)cc(F)c2n1.[HH].[HH]. The van der Waals surface area contributed by atoms with E-state index in [9.17, 15) is 13.2 Å². The number of alkyl halides is 2. The van der Waals surface area contributed by atoms with Gasteiger partial charge in [-0.05, 0) is 44.2 Å². The molecule has 0 bridgehead atoms. The Balaban J connectivity index is 0.00000136. The van der Waals surface area contributed by atoms with Gasteiger partial charge in [0.2, 0.25) is 5.95 Å². The number of anilines is 1. The fourth-order valence-electron chi connectivity index (χ4n) is 3.83. The van der Waals surface area contributed by atoms with Gasteiger partial charge in [-0.15, -0.1) is 0 Å². The number of pyridine rings is 1. The van der Waals surface area contributed by atoms with E-state index >= 15 is 0 Å². The van der Waals surface area contributed by atoms with E-state index in [1.165, 1.54) is 6.07 Å². The van der Waals surface area contributed by atoms with Crippen LogP contribution in [0.25, 0.3) is 11.2 Å². The van der Waals surface area contributed by atoms with Gasteiger partial charge in [0.15, 0.2) is 11.5 Å². The molecule has 1 saturated carbocycles. The van der Waals surface area contributed by atoms with Crippen LogP contribution < -0.4 is 5.32 Å². The van der Waals surface area contributed by atoms with Crippen molar-refractivity contribution in [2.75, 3.05) is 11.9 Å². The molecule has 29 heavy (non-hydrogen) atoms. The average molecular weight is 403 g/mol. The Labute approximate surface area is 168 Å². The molecule has 1 fully saturated rings. The Morgan fingerprint density at radius 1 is 1.28 bits per heavy atom. The molecule has 0 radical (unpaired) electrons. The van der Waals surface area contributed by atoms with Crippen LogP contribution in [0.3, 0.4) is 0 Å². The zero-order valence-electron chi connectivity index (χ0n) is 15.9. The molecule has 0 spiro atoms. The zero-order valence-corrected chi connectivity index (χ0v) is 15.9. The summed E-state index contributed by atoms with van der Waals surface area (Å²) in [5.74, 6) is -3.46. The largest absolute Gasteiger partial charge is 0.348 e. The molecule has 154 valence electrons. The van der Waals surface area contributed by atoms with Gasteiger partial charge in [0.1, 0.15) is 0 Å². The summed E-state index contributed by atoms with van der Waals surface area (Å²) in [5.41, 5.74) is 4.14. The third kappa shape index (κ3) is 3.36. The Morgan fingerprint density at radius 3 is 2.90 bits per heavy atom. The summed E-state index contributed by atoms with van der Waals surface area (Å²) in [6.45, 7) is 1.36. The lowest BCUT2D eigenvalue weighted by Gasteiger charge is -2.20. The molecule has 3 heterocycles. The second-order valence-electron chi connectivity index (χ2n) is 7.79. The summed E-state index contributed by atoms with van der Waals surface area (Å²) < 4.78 is 44.0. The highest BCUT2D eigenvalue weighted by molar-refractivity contribution is 5.82. The van der Waals surface area contributed by atoms with Gasteiger partial charge < -0.3 is 9.72 Å². The zero-order chi connectivity index (χ0) is 20.2.